The van der Waals surface area contributed by atoms with Gasteiger partial charge in [-0.2, -0.15) is 0 Å². The SMILES string of the molecule is CCN(C(=O)Nc1cc(C(=O)OC)cc(C(=O)OC)c1)C(C)Cc1ccc(OC)cc1. The highest BCUT2D eigenvalue weighted by Gasteiger charge is 2.21. The molecule has 0 radical (unpaired) electrons. The summed E-state index contributed by atoms with van der Waals surface area (Å²) in [5.41, 5.74) is 1.63. The lowest BCUT2D eigenvalue weighted by Crippen LogP contribution is -2.42. The Hall–Kier alpha value is -3.55. The van der Waals surface area contributed by atoms with Crippen molar-refractivity contribution in [2.45, 2.75) is 26.3 Å². The fraction of sp³-hybridized carbons (Fsp3) is 0.348. The summed E-state index contributed by atoms with van der Waals surface area (Å²) in [7, 11) is 4.09. The number of nitrogens with zero attached hydrogens (tertiary/aromatic N) is 1. The van der Waals surface area contributed by atoms with Crippen LogP contribution in [0, 0.1) is 0 Å². The lowest BCUT2D eigenvalue weighted by Gasteiger charge is -2.28. The first kappa shape index (κ1) is 23.7. The second-order valence-electron chi connectivity index (χ2n) is 6.90. The molecule has 0 saturated carbocycles. The van der Waals surface area contributed by atoms with Gasteiger partial charge in [0.2, 0.25) is 0 Å². The van der Waals surface area contributed by atoms with Gasteiger partial charge in [0.25, 0.3) is 0 Å². The van der Waals surface area contributed by atoms with E-state index in [0.717, 1.165) is 11.3 Å². The van der Waals surface area contributed by atoms with E-state index in [0.29, 0.717) is 18.7 Å². The Morgan fingerprint density at radius 3 is 1.94 bits per heavy atom. The molecular formula is C23H28N2O6. The number of hydrogen-bond acceptors (Lipinski definition) is 6. The molecule has 0 spiro atoms. The molecule has 2 aromatic carbocycles. The molecule has 0 aliphatic rings. The van der Waals surface area contributed by atoms with Crippen molar-refractivity contribution in [1.82, 2.24) is 4.90 Å². The van der Waals surface area contributed by atoms with Crippen LogP contribution in [0.25, 0.3) is 0 Å². The second kappa shape index (κ2) is 11.0. The fourth-order valence-electron chi connectivity index (χ4n) is 3.23. The Kier molecular flexibility index (Phi) is 8.43. The molecule has 1 unspecified atom stereocenters. The molecular weight excluding hydrogens is 400 g/mol. The van der Waals surface area contributed by atoms with Crippen LogP contribution in [0.15, 0.2) is 42.5 Å². The van der Waals surface area contributed by atoms with Crippen LogP contribution in [0.5, 0.6) is 5.75 Å². The van der Waals surface area contributed by atoms with Gasteiger partial charge in [-0.15, -0.1) is 0 Å². The van der Waals surface area contributed by atoms with Crippen molar-refractivity contribution in [3.63, 3.8) is 0 Å². The van der Waals surface area contributed by atoms with Gasteiger partial charge < -0.3 is 24.4 Å². The van der Waals surface area contributed by atoms with E-state index in [2.05, 4.69) is 5.32 Å². The van der Waals surface area contributed by atoms with Crippen LogP contribution in [-0.4, -0.2) is 56.8 Å². The number of carbonyl (C=O) groups excluding carboxylic acids is 3. The third-order valence-electron chi connectivity index (χ3n) is 4.85. The summed E-state index contributed by atoms with van der Waals surface area (Å²) in [6.45, 7) is 4.32. The number of anilines is 1. The van der Waals surface area contributed by atoms with Gasteiger partial charge >= 0.3 is 18.0 Å². The van der Waals surface area contributed by atoms with Crippen molar-refractivity contribution in [1.29, 1.82) is 0 Å². The lowest BCUT2D eigenvalue weighted by atomic mass is 10.1. The molecule has 0 aliphatic heterocycles. The number of esters is 2. The fourth-order valence-corrected chi connectivity index (χ4v) is 3.23. The van der Waals surface area contributed by atoms with Gasteiger partial charge in [0.1, 0.15) is 5.75 Å². The largest absolute Gasteiger partial charge is 0.497 e. The highest BCUT2D eigenvalue weighted by molar-refractivity contribution is 5.99. The van der Waals surface area contributed by atoms with Gasteiger partial charge in [-0.05, 0) is 56.2 Å². The highest BCUT2D eigenvalue weighted by atomic mass is 16.5. The van der Waals surface area contributed by atoms with Crippen molar-refractivity contribution in [2.24, 2.45) is 0 Å². The Balaban J connectivity index is 2.19. The van der Waals surface area contributed by atoms with E-state index in [9.17, 15) is 14.4 Å². The first-order valence-corrected chi connectivity index (χ1v) is 9.85. The number of nitrogens with one attached hydrogen (secondary N) is 1. The molecule has 8 heteroatoms. The number of rotatable bonds is 8. The predicted octanol–water partition coefficient (Wildman–Crippen LogP) is 3.75. The Morgan fingerprint density at radius 1 is 0.935 bits per heavy atom. The van der Waals surface area contributed by atoms with Crippen molar-refractivity contribution >= 4 is 23.7 Å². The molecule has 0 bridgehead atoms. The maximum absolute atomic E-state index is 12.9. The van der Waals surface area contributed by atoms with E-state index in [1.165, 1.54) is 32.4 Å². The van der Waals surface area contributed by atoms with Crippen LogP contribution in [0.4, 0.5) is 10.5 Å². The lowest BCUT2D eigenvalue weighted by molar-refractivity contribution is 0.0599. The van der Waals surface area contributed by atoms with E-state index in [-0.39, 0.29) is 23.2 Å². The summed E-state index contributed by atoms with van der Waals surface area (Å²) < 4.78 is 14.6. The van der Waals surface area contributed by atoms with Gasteiger partial charge in [0.05, 0.1) is 32.5 Å². The Labute approximate surface area is 182 Å². The quantitative estimate of drug-likeness (QED) is 0.644. The summed E-state index contributed by atoms with van der Waals surface area (Å²) in [4.78, 5) is 38.5. The Bertz CT molecular complexity index is 892. The third-order valence-corrected chi connectivity index (χ3v) is 4.85. The third kappa shape index (κ3) is 6.21. The molecule has 1 N–H and O–H groups in total. The maximum atomic E-state index is 12.9. The van der Waals surface area contributed by atoms with Crippen LogP contribution in [0.1, 0.15) is 40.1 Å². The van der Waals surface area contributed by atoms with Crippen LogP contribution in [0.2, 0.25) is 0 Å². The van der Waals surface area contributed by atoms with Crippen LogP contribution < -0.4 is 10.1 Å². The first-order valence-electron chi connectivity index (χ1n) is 9.85. The van der Waals surface area contributed by atoms with Crippen molar-refractivity contribution < 1.29 is 28.6 Å². The number of methoxy groups -OCH3 is 3. The molecule has 8 nitrogen and oxygen atoms in total. The molecule has 1 atom stereocenters. The minimum Gasteiger partial charge on any atom is -0.497 e. The number of likely N-dealkylation sites (N-methyl/N-ethyl adjacent to an activating group) is 1. The number of ether oxygens (including phenoxy) is 3. The number of carbonyl (C=O) groups is 3. The summed E-state index contributed by atoms with van der Waals surface area (Å²) in [6.07, 6.45) is 0.654. The summed E-state index contributed by atoms with van der Waals surface area (Å²) in [6, 6.07) is 11.5. The average molecular weight is 428 g/mol. The zero-order chi connectivity index (χ0) is 23.0. The molecule has 2 rings (SSSR count). The van der Waals surface area contributed by atoms with Gasteiger partial charge in [0.15, 0.2) is 0 Å². The zero-order valence-corrected chi connectivity index (χ0v) is 18.4. The van der Waals surface area contributed by atoms with E-state index in [1.54, 1.807) is 12.0 Å². The van der Waals surface area contributed by atoms with E-state index >= 15 is 0 Å². The maximum Gasteiger partial charge on any atom is 0.337 e. The molecule has 2 amide bonds. The Morgan fingerprint density at radius 2 is 1.48 bits per heavy atom. The van der Waals surface area contributed by atoms with Crippen LogP contribution in [-0.2, 0) is 15.9 Å². The molecule has 0 heterocycles. The molecule has 0 aliphatic carbocycles. The highest BCUT2D eigenvalue weighted by Crippen LogP contribution is 2.19. The number of urea groups is 1. The van der Waals surface area contributed by atoms with E-state index in [1.807, 2.05) is 38.1 Å². The molecule has 0 fully saturated rings. The predicted molar refractivity (Wildman–Crippen MR) is 117 cm³/mol. The van der Waals surface area contributed by atoms with Gasteiger partial charge in [-0.1, -0.05) is 12.1 Å². The standard InChI is InChI=1S/C23H28N2O6/c1-6-25(15(2)11-16-7-9-20(29-3)10-8-16)23(28)24-19-13-17(21(26)30-4)12-18(14-19)22(27)31-5/h7-10,12-15H,6,11H2,1-5H3,(H,24,28). The smallest absolute Gasteiger partial charge is 0.337 e. The normalized spacial score (nSPS) is 11.3. The minimum atomic E-state index is -0.624. The molecule has 166 valence electrons. The molecule has 2 aromatic rings. The molecule has 31 heavy (non-hydrogen) atoms. The topological polar surface area (TPSA) is 94.2 Å². The molecule has 0 saturated heterocycles. The minimum absolute atomic E-state index is 0.0951. The monoisotopic (exact) mass is 428 g/mol. The van der Waals surface area contributed by atoms with E-state index < -0.39 is 11.9 Å². The van der Waals surface area contributed by atoms with Gasteiger partial charge in [-0.25, -0.2) is 14.4 Å². The number of amides is 2. The second-order valence-corrected chi connectivity index (χ2v) is 6.90. The average Bonchev–Trinajstić information content (AvgIpc) is 2.78. The van der Waals surface area contributed by atoms with E-state index in [4.69, 9.17) is 14.2 Å². The van der Waals surface area contributed by atoms with Gasteiger partial charge in [0, 0.05) is 18.3 Å². The van der Waals surface area contributed by atoms with Crippen molar-refractivity contribution in [2.75, 3.05) is 33.2 Å². The van der Waals surface area contributed by atoms with Gasteiger partial charge in [-0.3, -0.25) is 0 Å². The summed E-state index contributed by atoms with van der Waals surface area (Å²) in [5, 5.41) is 2.77. The summed E-state index contributed by atoms with van der Waals surface area (Å²) in [5.74, 6) is -0.476. The number of hydrogen-bond donors (Lipinski definition) is 1. The number of benzene rings is 2. The van der Waals surface area contributed by atoms with Crippen LogP contribution in [0.3, 0.4) is 0 Å². The first-order chi connectivity index (χ1) is 14.8. The molecule has 0 aromatic heterocycles. The van der Waals surface area contributed by atoms with Crippen molar-refractivity contribution in [3.8, 4) is 5.75 Å². The zero-order valence-electron chi connectivity index (χ0n) is 18.4. The summed E-state index contributed by atoms with van der Waals surface area (Å²) >= 11 is 0. The van der Waals surface area contributed by atoms with Crippen molar-refractivity contribution in [3.05, 3.63) is 59.2 Å². The van der Waals surface area contributed by atoms with Crippen LogP contribution >= 0.6 is 0 Å².